The Morgan fingerprint density at radius 3 is 2.50 bits per heavy atom. The molecule has 0 amide bonds. The Labute approximate surface area is 103 Å². The van der Waals surface area contributed by atoms with Crippen molar-refractivity contribution in [1.29, 1.82) is 0 Å². The third-order valence-corrected chi connectivity index (χ3v) is 2.89. The highest BCUT2D eigenvalue weighted by atomic mass is 19.1. The molecule has 0 aliphatic heterocycles. The third-order valence-electron chi connectivity index (χ3n) is 2.89. The van der Waals surface area contributed by atoms with Crippen molar-refractivity contribution in [1.82, 2.24) is 4.98 Å². The van der Waals surface area contributed by atoms with E-state index in [1.807, 2.05) is 24.3 Å². The lowest BCUT2D eigenvalue weighted by atomic mass is 10.1. The summed E-state index contributed by atoms with van der Waals surface area (Å²) in [6, 6.07) is 15.3. The van der Waals surface area contributed by atoms with Crippen LogP contribution in [0, 0.1) is 5.82 Å². The summed E-state index contributed by atoms with van der Waals surface area (Å²) in [7, 11) is 0. The molecule has 1 heterocycles. The van der Waals surface area contributed by atoms with Crippen LogP contribution in [0.25, 0.3) is 10.9 Å². The fourth-order valence-corrected chi connectivity index (χ4v) is 1.99. The van der Waals surface area contributed by atoms with Crippen molar-refractivity contribution in [2.75, 3.05) is 0 Å². The first-order valence-electron chi connectivity index (χ1n) is 5.63. The lowest BCUT2D eigenvalue weighted by Gasteiger charge is -1.99. The molecule has 88 valence electrons. The second-order valence-electron chi connectivity index (χ2n) is 4.08. The van der Waals surface area contributed by atoms with E-state index in [1.165, 1.54) is 12.1 Å². The Morgan fingerprint density at radius 1 is 1.00 bits per heavy atom. The molecule has 0 atom stereocenters. The fraction of sp³-hybridized carbons (Fsp3) is 0. The van der Waals surface area contributed by atoms with Crippen LogP contribution in [0.2, 0.25) is 0 Å². The van der Waals surface area contributed by atoms with Crippen LogP contribution in [-0.4, -0.2) is 10.8 Å². The van der Waals surface area contributed by atoms with E-state index in [0.717, 1.165) is 10.9 Å². The summed E-state index contributed by atoms with van der Waals surface area (Å²) >= 11 is 0. The SMILES string of the molecule is O=C(c1cc2ccccc2[nH]1)c1ccccc1F. The number of ketones is 1. The van der Waals surface area contributed by atoms with Gasteiger partial charge in [-0.1, -0.05) is 30.3 Å². The van der Waals surface area contributed by atoms with E-state index < -0.39 is 5.82 Å². The minimum Gasteiger partial charge on any atom is -0.352 e. The molecule has 2 aromatic carbocycles. The summed E-state index contributed by atoms with van der Waals surface area (Å²) in [6.45, 7) is 0. The predicted octanol–water partition coefficient (Wildman–Crippen LogP) is 3.54. The number of aromatic nitrogens is 1. The Kier molecular flexibility index (Phi) is 2.45. The molecule has 0 spiro atoms. The molecule has 1 N–H and O–H groups in total. The van der Waals surface area contributed by atoms with Gasteiger partial charge < -0.3 is 4.98 Å². The van der Waals surface area contributed by atoms with Crippen molar-refractivity contribution in [3.05, 3.63) is 71.7 Å². The number of para-hydroxylation sites is 1. The van der Waals surface area contributed by atoms with Crippen LogP contribution in [0.3, 0.4) is 0 Å². The largest absolute Gasteiger partial charge is 0.352 e. The lowest BCUT2D eigenvalue weighted by Crippen LogP contribution is -2.04. The van der Waals surface area contributed by atoms with Gasteiger partial charge in [-0.2, -0.15) is 0 Å². The van der Waals surface area contributed by atoms with Crippen molar-refractivity contribution < 1.29 is 9.18 Å². The maximum atomic E-state index is 13.5. The zero-order valence-corrected chi connectivity index (χ0v) is 9.48. The number of nitrogens with one attached hydrogen (secondary N) is 1. The van der Waals surface area contributed by atoms with Crippen LogP contribution >= 0.6 is 0 Å². The van der Waals surface area contributed by atoms with Crippen LogP contribution in [0.4, 0.5) is 4.39 Å². The van der Waals surface area contributed by atoms with E-state index in [-0.39, 0.29) is 11.3 Å². The molecule has 0 unspecified atom stereocenters. The second kappa shape index (κ2) is 4.11. The average Bonchev–Trinajstić information content (AvgIpc) is 2.82. The normalized spacial score (nSPS) is 10.7. The van der Waals surface area contributed by atoms with Crippen molar-refractivity contribution in [2.24, 2.45) is 0 Å². The Bertz CT molecular complexity index is 697. The van der Waals surface area contributed by atoms with E-state index in [9.17, 15) is 9.18 Å². The van der Waals surface area contributed by atoms with Gasteiger partial charge in [0.1, 0.15) is 5.82 Å². The number of benzene rings is 2. The third kappa shape index (κ3) is 1.70. The minimum atomic E-state index is -0.499. The van der Waals surface area contributed by atoms with Crippen molar-refractivity contribution in [3.8, 4) is 0 Å². The number of carbonyl (C=O) groups is 1. The number of halogens is 1. The summed E-state index contributed by atoms with van der Waals surface area (Å²) in [5.74, 6) is -0.828. The highest BCUT2D eigenvalue weighted by Gasteiger charge is 2.15. The number of fused-ring (bicyclic) bond motifs is 1. The van der Waals surface area contributed by atoms with Gasteiger partial charge >= 0.3 is 0 Å². The van der Waals surface area contributed by atoms with Gasteiger partial charge in [-0.15, -0.1) is 0 Å². The van der Waals surface area contributed by atoms with Gasteiger partial charge in [-0.05, 0) is 24.3 Å². The summed E-state index contributed by atoms with van der Waals surface area (Å²) in [5.41, 5.74) is 1.36. The van der Waals surface area contributed by atoms with Gasteiger partial charge in [-0.25, -0.2) is 4.39 Å². The molecule has 3 rings (SSSR count). The van der Waals surface area contributed by atoms with Gasteiger partial charge in [-0.3, -0.25) is 4.79 Å². The summed E-state index contributed by atoms with van der Waals surface area (Å²) in [5, 5.41) is 0.942. The van der Waals surface area contributed by atoms with E-state index in [4.69, 9.17) is 0 Å². The van der Waals surface area contributed by atoms with Gasteiger partial charge in [0, 0.05) is 10.9 Å². The topological polar surface area (TPSA) is 32.9 Å². The first-order valence-corrected chi connectivity index (χ1v) is 5.63. The lowest BCUT2D eigenvalue weighted by molar-refractivity contribution is 0.103. The molecular weight excluding hydrogens is 229 g/mol. The smallest absolute Gasteiger partial charge is 0.212 e. The number of H-pyrrole nitrogens is 1. The standard InChI is InChI=1S/C15H10FNO/c16-12-7-3-2-6-11(12)15(18)14-9-10-5-1-4-8-13(10)17-14/h1-9,17H. The quantitative estimate of drug-likeness (QED) is 0.682. The molecule has 2 nitrogen and oxygen atoms in total. The molecule has 0 radical (unpaired) electrons. The van der Waals surface area contributed by atoms with Crippen molar-refractivity contribution in [2.45, 2.75) is 0 Å². The maximum Gasteiger partial charge on any atom is 0.212 e. The molecule has 0 fully saturated rings. The summed E-state index contributed by atoms with van der Waals surface area (Å²) < 4.78 is 13.5. The average molecular weight is 239 g/mol. The van der Waals surface area contributed by atoms with E-state index in [0.29, 0.717) is 5.69 Å². The minimum absolute atomic E-state index is 0.0871. The molecule has 0 saturated carbocycles. The molecule has 0 aliphatic carbocycles. The van der Waals surface area contributed by atoms with E-state index in [1.54, 1.807) is 18.2 Å². The summed E-state index contributed by atoms with van der Waals surface area (Å²) in [4.78, 5) is 15.2. The van der Waals surface area contributed by atoms with Gasteiger partial charge in [0.15, 0.2) is 0 Å². The van der Waals surface area contributed by atoms with Crippen molar-refractivity contribution in [3.63, 3.8) is 0 Å². The summed E-state index contributed by atoms with van der Waals surface area (Å²) in [6.07, 6.45) is 0. The molecule has 0 aliphatic rings. The second-order valence-corrected chi connectivity index (χ2v) is 4.08. The number of hydrogen-bond donors (Lipinski definition) is 1. The number of rotatable bonds is 2. The number of carbonyl (C=O) groups excluding carboxylic acids is 1. The van der Waals surface area contributed by atoms with E-state index in [2.05, 4.69) is 4.98 Å². The zero-order chi connectivity index (χ0) is 12.5. The molecule has 3 heteroatoms. The maximum absolute atomic E-state index is 13.5. The Morgan fingerprint density at radius 2 is 1.72 bits per heavy atom. The number of aromatic amines is 1. The molecule has 0 saturated heterocycles. The van der Waals surface area contributed by atoms with Gasteiger partial charge in [0.05, 0.1) is 11.3 Å². The predicted molar refractivity (Wildman–Crippen MR) is 68.1 cm³/mol. The van der Waals surface area contributed by atoms with Crippen LogP contribution in [-0.2, 0) is 0 Å². The highest BCUT2D eigenvalue weighted by molar-refractivity contribution is 6.10. The Hall–Kier alpha value is -2.42. The van der Waals surface area contributed by atoms with E-state index >= 15 is 0 Å². The number of hydrogen-bond acceptors (Lipinski definition) is 1. The molecule has 0 bridgehead atoms. The Balaban J connectivity index is 2.10. The zero-order valence-electron chi connectivity index (χ0n) is 9.48. The van der Waals surface area contributed by atoms with Crippen LogP contribution < -0.4 is 0 Å². The molecular formula is C15H10FNO. The highest BCUT2D eigenvalue weighted by Crippen LogP contribution is 2.18. The van der Waals surface area contributed by atoms with Gasteiger partial charge in [0.25, 0.3) is 0 Å². The first-order chi connectivity index (χ1) is 8.75. The fourth-order valence-electron chi connectivity index (χ4n) is 1.99. The van der Waals surface area contributed by atoms with Crippen LogP contribution in [0.1, 0.15) is 16.1 Å². The van der Waals surface area contributed by atoms with Crippen LogP contribution in [0.15, 0.2) is 54.6 Å². The monoisotopic (exact) mass is 239 g/mol. The molecule has 1 aromatic heterocycles. The van der Waals surface area contributed by atoms with Gasteiger partial charge in [0.2, 0.25) is 5.78 Å². The first kappa shape index (κ1) is 10.7. The van der Waals surface area contributed by atoms with Crippen molar-refractivity contribution >= 4 is 16.7 Å². The molecule has 18 heavy (non-hydrogen) atoms. The molecule has 3 aromatic rings. The van der Waals surface area contributed by atoms with Crippen LogP contribution in [0.5, 0.6) is 0 Å².